The molecule has 3 unspecified atom stereocenters. The molecule has 4 N–H and O–H groups in total. The Balaban J connectivity index is 1.31. The second-order valence-electron chi connectivity index (χ2n) is 11.0. The third-order valence-corrected chi connectivity index (χ3v) is 8.03. The normalized spacial score (nSPS) is 17.2. The molecule has 1 fully saturated rings. The van der Waals surface area contributed by atoms with Gasteiger partial charge in [-0.2, -0.15) is 0 Å². The summed E-state index contributed by atoms with van der Waals surface area (Å²) in [4.78, 5) is 12.0. The Bertz CT molecular complexity index is 1300. The molecule has 0 aliphatic carbocycles. The number of nitrogens with two attached hydrogens (primary N) is 1. The van der Waals surface area contributed by atoms with Crippen LogP contribution in [0.15, 0.2) is 66.7 Å². The van der Waals surface area contributed by atoms with Gasteiger partial charge in [0.2, 0.25) is 5.91 Å². The lowest BCUT2D eigenvalue weighted by Gasteiger charge is -2.36. The van der Waals surface area contributed by atoms with Gasteiger partial charge in [-0.15, -0.1) is 0 Å². The van der Waals surface area contributed by atoms with Crippen LogP contribution in [0.3, 0.4) is 0 Å². The highest BCUT2D eigenvalue weighted by Crippen LogP contribution is 2.39. The Kier molecular flexibility index (Phi) is 13.5. The van der Waals surface area contributed by atoms with Crippen LogP contribution >= 0.6 is 0 Å². The molecule has 1 amide bonds. The first kappa shape index (κ1) is 33.4. The van der Waals surface area contributed by atoms with Crippen LogP contribution in [0.5, 0.6) is 11.5 Å². The number of nitrogens with one attached hydrogen (secondary N) is 1. The van der Waals surface area contributed by atoms with Gasteiger partial charge < -0.3 is 39.8 Å². The predicted octanol–water partition coefficient (Wildman–Crippen LogP) is 4.76. The van der Waals surface area contributed by atoms with Crippen molar-refractivity contribution in [1.82, 2.24) is 5.32 Å². The fraction of sp³-hybridized carbons (Fsp3) is 0.457. The summed E-state index contributed by atoms with van der Waals surface area (Å²) in [6, 6.07) is 21.4. The van der Waals surface area contributed by atoms with Crippen molar-refractivity contribution in [1.29, 1.82) is 0 Å². The molecule has 4 rings (SSSR count). The number of benzene rings is 3. The molecule has 3 aromatic carbocycles. The number of carbonyl (C=O) groups excluding carboxylic acids is 1. The number of ether oxygens (including phenoxy) is 5. The number of methoxy groups -OCH3 is 2. The maximum atomic E-state index is 12.0. The van der Waals surface area contributed by atoms with Gasteiger partial charge in [-0.25, -0.2) is 0 Å². The predicted molar refractivity (Wildman–Crippen MR) is 169 cm³/mol. The van der Waals surface area contributed by atoms with Crippen molar-refractivity contribution in [3.63, 3.8) is 0 Å². The summed E-state index contributed by atoms with van der Waals surface area (Å²) in [6.45, 7) is 4.55. The number of aliphatic hydroxyl groups is 1. The highest BCUT2D eigenvalue weighted by molar-refractivity contribution is 5.94. The lowest BCUT2D eigenvalue weighted by molar-refractivity contribution is 0.0770. The van der Waals surface area contributed by atoms with Gasteiger partial charge in [0, 0.05) is 50.3 Å². The van der Waals surface area contributed by atoms with Gasteiger partial charge >= 0.3 is 0 Å². The fourth-order valence-electron chi connectivity index (χ4n) is 5.69. The number of piperidine rings is 1. The second kappa shape index (κ2) is 17.7. The van der Waals surface area contributed by atoms with Crippen LogP contribution in [0.1, 0.15) is 63.9 Å². The molecule has 238 valence electrons. The molecule has 3 aromatic rings. The van der Waals surface area contributed by atoms with Crippen molar-refractivity contribution in [2.75, 3.05) is 53.7 Å². The molecule has 9 nitrogen and oxygen atoms in total. The van der Waals surface area contributed by atoms with Crippen molar-refractivity contribution in [2.45, 2.75) is 44.5 Å². The van der Waals surface area contributed by atoms with Crippen LogP contribution in [0.4, 0.5) is 0 Å². The summed E-state index contributed by atoms with van der Waals surface area (Å²) >= 11 is 0. The van der Waals surface area contributed by atoms with Crippen molar-refractivity contribution in [2.24, 2.45) is 11.7 Å². The number of primary amides is 1. The summed E-state index contributed by atoms with van der Waals surface area (Å²) < 4.78 is 28.0. The number of para-hydroxylation sites is 1. The number of aliphatic hydroxyl groups excluding tert-OH is 1. The fourth-order valence-corrected chi connectivity index (χ4v) is 5.69. The van der Waals surface area contributed by atoms with E-state index in [0.717, 1.165) is 48.4 Å². The monoisotopic (exact) mass is 606 g/mol. The zero-order valence-electron chi connectivity index (χ0n) is 25.8. The largest absolute Gasteiger partial charge is 0.496 e. The van der Waals surface area contributed by atoms with Crippen LogP contribution in [0, 0.1) is 5.92 Å². The highest BCUT2D eigenvalue weighted by atomic mass is 16.5. The summed E-state index contributed by atoms with van der Waals surface area (Å²) in [5, 5.41) is 15.0. The Hall–Kier alpha value is -3.47. The van der Waals surface area contributed by atoms with E-state index in [-0.39, 0.29) is 18.4 Å². The number of hydrogen-bond acceptors (Lipinski definition) is 8. The van der Waals surface area contributed by atoms with Gasteiger partial charge in [-0.1, -0.05) is 42.5 Å². The van der Waals surface area contributed by atoms with Gasteiger partial charge in [0.25, 0.3) is 0 Å². The van der Waals surface area contributed by atoms with E-state index in [2.05, 4.69) is 17.4 Å². The van der Waals surface area contributed by atoms with E-state index in [1.807, 2.05) is 42.5 Å². The average Bonchev–Trinajstić information content (AvgIpc) is 3.06. The molecule has 1 aliphatic rings. The van der Waals surface area contributed by atoms with Crippen LogP contribution in [0.2, 0.25) is 0 Å². The molecule has 1 heterocycles. The summed E-state index contributed by atoms with van der Waals surface area (Å²) in [6.07, 6.45) is 1.70. The first-order valence-electron chi connectivity index (χ1n) is 15.3. The zero-order valence-corrected chi connectivity index (χ0v) is 25.8. The Labute approximate surface area is 260 Å². The van der Waals surface area contributed by atoms with Crippen LogP contribution < -0.4 is 20.5 Å². The third-order valence-electron chi connectivity index (χ3n) is 8.03. The van der Waals surface area contributed by atoms with E-state index in [9.17, 15) is 9.90 Å². The number of amides is 1. The SMILES string of the molecule is COCCCOCc1cc(C(O)C2CNCCC2c2ccc(OCCCOCc3ccccc3OC)cc2)ccc1C(N)=O. The molecule has 0 radical (unpaired) electrons. The van der Waals surface area contributed by atoms with E-state index in [0.29, 0.717) is 50.7 Å². The lowest BCUT2D eigenvalue weighted by atomic mass is 9.76. The molecule has 1 saturated heterocycles. The first-order chi connectivity index (χ1) is 21.5. The average molecular weight is 607 g/mol. The van der Waals surface area contributed by atoms with Gasteiger partial charge in [0.1, 0.15) is 11.5 Å². The Morgan fingerprint density at radius 3 is 2.39 bits per heavy atom. The van der Waals surface area contributed by atoms with Crippen molar-refractivity contribution in [3.8, 4) is 11.5 Å². The van der Waals surface area contributed by atoms with Crippen molar-refractivity contribution in [3.05, 3.63) is 94.5 Å². The molecule has 1 aliphatic heterocycles. The number of rotatable bonds is 18. The van der Waals surface area contributed by atoms with E-state index < -0.39 is 12.0 Å². The van der Waals surface area contributed by atoms with Crippen molar-refractivity contribution >= 4 is 5.91 Å². The molecule has 9 heteroatoms. The third kappa shape index (κ3) is 9.51. The maximum absolute atomic E-state index is 12.0. The van der Waals surface area contributed by atoms with Gasteiger partial charge in [-0.05, 0) is 66.3 Å². The van der Waals surface area contributed by atoms with Crippen LogP contribution in [0.25, 0.3) is 0 Å². The Morgan fingerprint density at radius 2 is 1.66 bits per heavy atom. The van der Waals surface area contributed by atoms with Crippen LogP contribution in [-0.2, 0) is 27.4 Å². The van der Waals surface area contributed by atoms with E-state index in [4.69, 9.17) is 29.4 Å². The van der Waals surface area contributed by atoms with E-state index in [1.165, 1.54) is 5.56 Å². The Morgan fingerprint density at radius 1 is 0.932 bits per heavy atom. The smallest absolute Gasteiger partial charge is 0.249 e. The highest BCUT2D eigenvalue weighted by Gasteiger charge is 2.33. The number of hydrogen-bond donors (Lipinski definition) is 3. The quantitative estimate of drug-likeness (QED) is 0.177. The topological polar surface area (TPSA) is 122 Å². The summed E-state index contributed by atoms with van der Waals surface area (Å²) in [7, 11) is 3.31. The summed E-state index contributed by atoms with van der Waals surface area (Å²) in [5.74, 6) is 1.24. The minimum absolute atomic E-state index is 0.0502. The van der Waals surface area contributed by atoms with Gasteiger partial charge in [-0.3, -0.25) is 4.79 Å². The number of carbonyl (C=O) groups is 1. The summed E-state index contributed by atoms with van der Waals surface area (Å²) in [5.41, 5.74) is 9.65. The standard InChI is InChI=1S/C35H46N2O7/c1-40-17-5-18-43-24-28-21-26(11-14-31(28)35(36)39)34(38)32-22-37-16-15-30(32)25-9-12-29(13-10-25)44-20-6-19-42-23-27-7-3-4-8-33(27)41-2/h3-4,7-14,21,30,32,34,37-38H,5-6,15-20,22-24H2,1-2H3,(H2,36,39). The minimum Gasteiger partial charge on any atom is -0.496 e. The molecule has 44 heavy (non-hydrogen) atoms. The molecule has 0 aromatic heterocycles. The molecule has 0 saturated carbocycles. The maximum Gasteiger partial charge on any atom is 0.249 e. The van der Waals surface area contributed by atoms with Gasteiger partial charge in [0.15, 0.2) is 0 Å². The molecule has 0 spiro atoms. The van der Waals surface area contributed by atoms with E-state index >= 15 is 0 Å². The van der Waals surface area contributed by atoms with Gasteiger partial charge in [0.05, 0.1) is 39.6 Å². The molecule has 3 atom stereocenters. The first-order valence-corrected chi connectivity index (χ1v) is 15.3. The molecular weight excluding hydrogens is 560 g/mol. The van der Waals surface area contributed by atoms with Crippen molar-refractivity contribution < 1.29 is 33.6 Å². The second-order valence-corrected chi connectivity index (χ2v) is 11.0. The zero-order chi connectivity index (χ0) is 31.1. The molecular formula is C35H46N2O7. The minimum atomic E-state index is -0.728. The molecule has 0 bridgehead atoms. The van der Waals surface area contributed by atoms with Crippen LogP contribution in [-0.4, -0.2) is 64.8 Å². The van der Waals surface area contributed by atoms with E-state index in [1.54, 1.807) is 26.4 Å². The lowest BCUT2D eigenvalue weighted by Crippen LogP contribution is -2.38.